The topological polar surface area (TPSA) is 108 Å². The summed E-state index contributed by atoms with van der Waals surface area (Å²) in [6.45, 7) is 2.47. The number of carbonyl (C=O) groups excluding carboxylic acids is 1. The molecule has 12 heteroatoms. The predicted molar refractivity (Wildman–Crippen MR) is 126 cm³/mol. The first-order valence-electron chi connectivity index (χ1n) is 10.2. The van der Waals surface area contributed by atoms with Crippen LogP contribution in [0.15, 0.2) is 41.7 Å². The van der Waals surface area contributed by atoms with Crippen LogP contribution in [0.25, 0.3) is 0 Å². The minimum atomic E-state index is -3.01. The number of anilines is 2. The van der Waals surface area contributed by atoms with Crippen molar-refractivity contribution in [2.75, 3.05) is 47.9 Å². The molecule has 2 atom stereocenters. The second kappa shape index (κ2) is 8.53. The summed E-state index contributed by atoms with van der Waals surface area (Å²) in [5.41, 5.74) is 1.12. The van der Waals surface area contributed by atoms with Crippen LogP contribution in [0, 0.1) is 0 Å². The lowest BCUT2D eigenvalue weighted by atomic mass is 10.1. The normalized spacial score (nSPS) is 24.2. The van der Waals surface area contributed by atoms with Crippen LogP contribution in [0.4, 0.5) is 11.6 Å². The van der Waals surface area contributed by atoms with Crippen molar-refractivity contribution in [2.45, 2.75) is 11.3 Å². The fourth-order valence-electron chi connectivity index (χ4n) is 4.03. The molecule has 4 heterocycles. The van der Waals surface area contributed by atoms with Gasteiger partial charge in [0.25, 0.3) is 5.91 Å². The summed E-state index contributed by atoms with van der Waals surface area (Å²) in [5, 5.41) is 4.23. The molecule has 5 rings (SSSR count). The predicted octanol–water partition coefficient (Wildman–Crippen LogP) is 1.77. The third-order valence-electron chi connectivity index (χ3n) is 5.67. The fraction of sp³-hybridized carbons (Fsp3) is 0.400. The molecular formula is C20H21ClN6O3S2. The Bertz CT molecular complexity index is 1170. The second-order valence-electron chi connectivity index (χ2n) is 7.88. The average molecular weight is 493 g/mol. The largest absolute Gasteiger partial charge is 0.337 e. The number of benzene rings is 1. The van der Waals surface area contributed by atoms with Gasteiger partial charge in [0, 0.05) is 49.4 Å². The number of aliphatic imine (C=N–C) groups is 1. The second-order valence-corrected chi connectivity index (χ2v) is 11.7. The van der Waals surface area contributed by atoms with Gasteiger partial charge in [-0.2, -0.15) is 0 Å². The number of nitrogens with one attached hydrogen (secondary N) is 1. The summed E-state index contributed by atoms with van der Waals surface area (Å²) in [4.78, 5) is 30.0. The first-order chi connectivity index (χ1) is 15.4. The maximum absolute atomic E-state index is 13.1. The zero-order valence-electron chi connectivity index (χ0n) is 17.0. The summed E-state index contributed by atoms with van der Waals surface area (Å²) in [7, 11) is -3.01. The van der Waals surface area contributed by atoms with Gasteiger partial charge in [0.15, 0.2) is 15.0 Å². The van der Waals surface area contributed by atoms with Gasteiger partial charge in [-0.1, -0.05) is 23.4 Å². The minimum absolute atomic E-state index is 0.0593. The number of piperazine rings is 1. The SMILES string of the molecule is O=C(c1ccc(Cl)c(NC2=N[C@@H]3CS(=O)(=O)C[C@H]3S2)c1)N1CCN(c2ncccn2)CC1. The number of fused-ring (bicyclic) bond motifs is 1. The number of hydrogen-bond donors (Lipinski definition) is 1. The number of halogens is 1. The molecule has 0 saturated carbocycles. The highest BCUT2D eigenvalue weighted by Crippen LogP contribution is 2.35. The Morgan fingerprint density at radius 2 is 1.88 bits per heavy atom. The fourth-order valence-corrected chi connectivity index (χ4v) is 7.86. The van der Waals surface area contributed by atoms with Crippen LogP contribution >= 0.6 is 23.4 Å². The highest BCUT2D eigenvalue weighted by molar-refractivity contribution is 8.15. The average Bonchev–Trinajstić information content (AvgIpc) is 3.28. The van der Waals surface area contributed by atoms with E-state index in [1.54, 1.807) is 36.7 Å². The maximum atomic E-state index is 13.1. The number of hydrogen-bond acceptors (Lipinski definition) is 9. The van der Waals surface area contributed by atoms with E-state index in [1.165, 1.54) is 11.8 Å². The van der Waals surface area contributed by atoms with Gasteiger partial charge in [0.2, 0.25) is 5.95 Å². The number of thioether (sulfide) groups is 1. The molecule has 2 fully saturated rings. The van der Waals surface area contributed by atoms with Crippen molar-refractivity contribution in [2.24, 2.45) is 4.99 Å². The van der Waals surface area contributed by atoms with E-state index in [0.717, 1.165) is 0 Å². The Morgan fingerprint density at radius 1 is 1.12 bits per heavy atom. The zero-order chi connectivity index (χ0) is 22.3. The highest BCUT2D eigenvalue weighted by Gasteiger charge is 2.42. The van der Waals surface area contributed by atoms with E-state index in [0.29, 0.717) is 53.6 Å². The van der Waals surface area contributed by atoms with Gasteiger partial charge in [-0.3, -0.25) is 9.79 Å². The lowest BCUT2D eigenvalue weighted by Gasteiger charge is -2.34. The third kappa shape index (κ3) is 4.41. The molecule has 1 aromatic carbocycles. The van der Waals surface area contributed by atoms with Gasteiger partial charge in [0.05, 0.1) is 28.3 Å². The molecule has 3 aliphatic heterocycles. The van der Waals surface area contributed by atoms with Gasteiger partial charge >= 0.3 is 0 Å². The molecule has 32 heavy (non-hydrogen) atoms. The van der Waals surface area contributed by atoms with E-state index in [1.807, 2.05) is 4.90 Å². The number of carbonyl (C=O) groups is 1. The van der Waals surface area contributed by atoms with Crippen LogP contribution in [-0.4, -0.2) is 83.3 Å². The van der Waals surface area contributed by atoms with Gasteiger partial charge in [0.1, 0.15) is 0 Å². The van der Waals surface area contributed by atoms with Crippen molar-refractivity contribution in [3.8, 4) is 0 Å². The summed E-state index contributed by atoms with van der Waals surface area (Å²) in [6, 6.07) is 6.69. The Kier molecular flexibility index (Phi) is 5.72. The molecule has 1 aromatic heterocycles. The van der Waals surface area contributed by atoms with Crippen LogP contribution < -0.4 is 10.2 Å². The Morgan fingerprint density at radius 3 is 2.59 bits per heavy atom. The first-order valence-corrected chi connectivity index (χ1v) is 13.3. The smallest absolute Gasteiger partial charge is 0.254 e. The molecule has 2 aromatic rings. The van der Waals surface area contributed by atoms with Crippen molar-refractivity contribution in [3.63, 3.8) is 0 Å². The van der Waals surface area contributed by atoms with E-state index in [2.05, 4.69) is 25.2 Å². The van der Waals surface area contributed by atoms with Gasteiger partial charge in [-0.15, -0.1) is 0 Å². The van der Waals surface area contributed by atoms with Gasteiger partial charge < -0.3 is 15.1 Å². The summed E-state index contributed by atoms with van der Waals surface area (Å²) >= 11 is 7.77. The third-order valence-corrected chi connectivity index (χ3v) is 9.15. The first kappa shape index (κ1) is 21.5. The van der Waals surface area contributed by atoms with Gasteiger partial charge in [-0.25, -0.2) is 18.4 Å². The molecule has 0 unspecified atom stereocenters. The Balaban J connectivity index is 1.25. The molecule has 1 amide bonds. The number of nitrogens with zero attached hydrogens (tertiary/aromatic N) is 5. The van der Waals surface area contributed by atoms with E-state index >= 15 is 0 Å². The van der Waals surface area contributed by atoms with Crippen molar-refractivity contribution in [3.05, 3.63) is 47.2 Å². The highest BCUT2D eigenvalue weighted by atomic mass is 35.5. The molecule has 9 nitrogen and oxygen atoms in total. The lowest BCUT2D eigenvalue weighted by molar-refractivity contribution is 0.0746. The maximum Gasteiger partial charge on any atom is 0.254 e. The van der Waals surface area contributed by atoms with Crippen LogP contribution in [0.3, 0.4) is 0 Å². The Labute approximate surface area is 195 Å². The summed E-state index contributed by atoms with van der Waals surface area (Å²) in [6.07, 6.45) is 3.42. The molecule has 1 N–H and O–H groups in total. The molecule has 0 aliphatic carbocycles. The minimum Gasteiger partial charge on any atom is -0.337 e. The van der Waals surface area contributed by atoms with E-state index in [4.69, 9.17) is 11.6 Å². The molecule has 168 valence electrons. The van der Waals surface area contributed by atoms with Crippen LogP contribution in [-0.2, 0) is 9.84 Å². The quantitative estimate of drug-likeness (QED) is 0.690. The number of amides is 1. The molecule has 0 radical (unpaired) electrons. The van der Waals surface area contributed by atoms with Crippen LogP contribution in [0.5, 0.6) is 0 Å². The standard InChI is InChI=1S/C20H21ClN6O3S2/c21-14-3-2-13(10-15(14)24-20-25-16-11-32(29,30)12-17(16)31-20)18(28)26-6-8-27(9-7-26)19-22-4-1-5-23-19/h1-5,10,16-17H,6-9,11-12H2,(H,24,25)/t16-,17-/m1/s1. The molecule has 2 saturated heterocycles. The monoisotopic (exact) mass is 492 g/mol. The van der Waals surface area contributed by atoms with Crippen molar-refractivity contribution in [1.82, 2.24) is 14.9 Å². The molecule has 0 bridgehead atoms. The molecular weight excluding hydrogens is 472 g/mol. The van der Waals surface area contributed by atoms with Gasteiger partial charge in [-0.05, 0) is 24.3 Å². The van der Waals surface area contributed by atoms with E-state index < -0.39 is 9.84 Å². The van der Waals surface area contributed by atoms with Crippen molar-refractivity contribution in [1.29, 1.82) is 0 Å². The summed E-state index contributed by atoms with van der Waals surface area (Å²) in [5.74, 6) is 0.832. The molecule has 0 spiro atoms. The number of aromatic nitrogens is 2. The Hall–Kier alpha value is -2.37. The zero-order valence-corrected chi connectivity index (χ0v) is 19.4. The van der Waals surface area contributed by atoms with Crippen molar-refractivity contribution < 1.29 is 13.2 Å². The number of amidine groups is 1. The summed E-state index contributed by atoms with van der Waals surface area (Å²) < 4.78 is 23.5. The van der Waals surface area contributed by atoms with Crippen molar-refractivity contribution >= 4 is 55.9 Å². The lowest BCUT2D eigenvalue weighted by Crippen LogP contribution is -2.49. The number of rotatable bonds is 3. The number of sulfone groups is 1. The van der Waals surface area contributed by atoms with Crippen LogP contribution in [0.1, 0.15) is 10.4 Å². The van der Waals surface area contributed by atoms with E-state index in [9.17, 15) is 13.2 Å². The molecule has 3 aliphatic rings. The van der Waals surface area contributed by atoms with Crippen LogP contribution in [0.2, 0.25) is 5.02 Å². The van der Waals surface area contributed by atoms with E-state index in [-0.39, 0.29) is 28.7 Å².